The van der Waals surface area contributed by atoms with Crippen LogP contribution in [-0.4, -0.2) is 11.7 Å². The zero-order valence-corrected chi connectivity index (χ0v) is 18.2. The summed E-state index contributed by atoms with van der Waals surface area (Å²) < 4.78 is 5.50. The quantitative estimate of drug-likeness (QED) is 0.377. The Labute approximate surface area is 186 Å². The highest BCUT2D eigenvalue weighted by atomic mass is 35.5. The lowest BCUT2D eigenvalue weighted by atomic mass is 9.96. The van der Waals surface area contributed by atoms with Gasteiger partial charge in [0.15, 0.2) is 0 Å². The van der Waals surface area contributed by atoms with Crippen LogP contribution < -0.4 is 10.1 Å². The molecule has 0 radical (unpaired) electrons. The van der Waals surface area contributed by atoms with Crippen molar-refractivity contribution >= 4 is 40.5 Å². The van der Waals surface area contributed by atoms with Crippen molar-refractivity contribution in [1.82, 2.24) is 0 Å². The van der Waals surface area contributed by atoms with E-state index >= 15 is 0 Å². The van der Waals surface area contributed by atoms with Crippen LogP contribution in [0.1, 0.15) is 36.6 Å². The van der Waals surface area contributed by atoms with Crippen LogP contribution >= 0.6 is 34.8 Å². The molecule has 2 unspecified atom stereocenters. The van der Waals surface area contributed by atoms with Gasteiger partial charge in [0, 0.05) is 17.1 Å². The molecule has 0 heterocycles. The highest BCUT2D eigenvalue weighted by molar-refractivity contribution is 6.42. The molecule has 3 nitrogen and oxygen atoms in total. The molecule has 0 spiro atoms. The fourth-order valence-corrected chi connectivity index (χ4v) is 3.50. The number of aliphatic hydroxyl groups excluding tert-OH is 1. The molecule has 0 amide bonds. The van der Waals surface area contributed by atoms with Gasteiger partial charge >= 0.3 is 0 Å². The topological polar surface area (TPSA) is 41.5 Å². The zero-order chi connectivity index (χ0) is 20.8. The van der Waals surface area contributed by atoms with Gasteiger partial charge < -0.3 is 15.2 Å². The number of hydrogen-bond donors (Lipinski definition) is 2. The van der Waals surface area contributed by atoms with Crippen LogP contribution in [0.15, 0.2) is 66.7 Å². The number of benzene rings is 3. The number of hydrogen-bond acceptors (Lipinski definition) is 3. The van der Waals surface area contributed by atoms with Crippen LogP contribution in [0, 0.1) is 0 Å². The molecule has 0 fully saturated rings. The van der Waals surface area contributed by atoms with E-state index in [4.69, 9.17) is 39.5 Å². The summed E-state index contributed by atoms with van der Waals surface area (Å²) in [6, 6.07) is 20.2. The van der Waals surface area contributed by atoms with Gasteiger partial charge in [0.05, 0.1) is 28.8 Å². The molecule has 0 aliphatic rings. The molecule has 29 heavy (non-hydrogen) atoms. The summed E-state index contributed by atoms with van der Waals surface area (Å²) >= 11 is 18.3. The number of halogens is 3. The average molecular weight is 451 g/mol. The van der Waals surface area contributed by atoms with Crippen molar-refractivity contribution in [1.29, 1.82) is 0 Å². The molecule has 3 aromatic carbocycles. The summed E-state index contributed by atoms with van der Waals surface area (Å²) in [6.45, 7) is 2.57. The Hall–Kier alpha value is -1.91. The Morgan fingerprint density at radius 2 is 1.52 bits per heavy atom. The SMILES string of the molecule is CCOc1ccc(NC(CC(O)c2ccc(Cl)cc2)c2ccc(Cl)c(Cl)c2)cc1. The maximum Gasteiger partial charge on any atom is 0.119 e. The lowest BCUT2D eigenvalue weighted by Crippen LogP contribution is -2.15. The van der Waals surface area contributed by atoms with Crippen molar-refractivity contribution in [3.05, 3.63) is 92.9 Å². The molecule has 6 heteroatoms. The Morgan fingerprint density at radius 3 is 2.14 bits per heavy atom. The molecule has 3 rings (SSSR count). The minimum Gasteiger partial charge on any atom is -0.494 e. The summed E-state index contributed by atoms with van der Waals surface area (Å²) in [5.41, 5.74) is 2.64. The average Bonchev–Trinajstić information content (AvgIpc) is 2.71. The van der Waals surface area contributed by atoms with E-state index < -0.39 is 6.10 Å². The van der Waals surface area contributed by atoms with Crippen molar-refractivity contribution < 1.29 is 9.84 Å². The lowest BCUT2D eigenvalue weighted by molar-refractivity contribution is 0.160. The van der Waals surface area contributed by atoms with Gasteiger partial charge in [-0.25, -0.2) is 0 Å². The maximum atomic E-state index is 10.8. The molecule has 152 valence electrons. The normalized spacial score (nSPS) is 13.0. The highest BCUT2D eigenvalue weighted by Crippen LogP contribution is 2.33. The van der Waals surface area contributed by atoms with E-state index in [1.807, 2.05) is 55.5 Å². The van der Waals surface area contributed by atoms with Gasteiger partial charge in [-0.05, 0) is 66.6 Å². The summed E-state index contributed by atoms with van der Waals surface area (Å²) in [7, 11) is 0. The Bertz CT molecular complexity index is 930. The maximum absolute atomic E-state index is 10.8. The van der Waals surface area contributed by atoms with Gasteiger partial charge in [-0.15, -0.1) is 0 Å². The van der Waals surface area contributed by atoms with E-state index in [2.05, 4.69) is 5.32 Å². The van der Waals surface area contributed by atoms with Crippen LogP contribution in [-0.2, 0) is 0 Å². The third kappa shape index (κ3) is 6.03. The first-order valence-corrected chi connectivity index (χ1v) is 10.5. The molecular weight excluding hydrogens is 429 g/mol. The van der Waals surface area contributed by atoms with Gasteiger partial charge in [-0.3, -0.25) is 0 Å². The standard InChI is InChI=1S/C23H22Cl3NO2/c1-2-29-19-10-8-18(9-11-19)27-22(16-5-12-20(25)21(26)13-16)14-23(28)15-3-6-17(24)7-4-15/h3-13,22-23,27-28H,2,14H2,1H3. The predicted octanol–water partition coefficient (Wildman–Crippen LogP) is 7.32. The molecule has 0 aliphatic carbocycles. The fraction of sp³-hybridized carbons (Fsp3) is 0.217. The van der Waals surface area contributed by atoms with Crippen molar-refractivity contribution in [2.45, 2.75) is 25.5 Å². The van der Waals surface area contributed by atoms with Crippen molar-refractivity contribution in [2.24, 2.45) is 0 Å². The minimum absolute atomic E-state index is 0.187. The van der Waals surface area contributed by atoms with Crippen LogP contribution in [0.3, 0.4) is 0 Å². The molecule has 0 saturated carbocycles. The number of rotatable bonds is 8. The van der Waals surface area contributed by atoms with Gasteiger partial charge in [-0.1, -0.05) is 53.0 Å². The minimum atomic E-state index is -0.679. The Morgan fingerprint density at radius 1 is 0.862 bits per heavy atom. The number of anilines is 1. The van der Waals surface area contributed by atoms with Crippen molar-refractivity contribution in [3.8, 4) is 5.75 Å². The molecule has 2 N–H and O–H groups in total. The highest BCUT2D eigenvalue weighted by Gasteiger charge is 2.19. The summed E-state index contributed by atoms with van der Waals surface area (Å²) in [5.74, 6) is 0.810. The third-order valence-electron chi connectivity index (χ3n) is 4.57. The second-order valence-corrected chi connectivity index (χ2v) is 7.88. The Kier molecular flexibility index (Phi) is 7.68. The van der Waals surface area contributed by atoms with E-state index in [1.54, 1.807) is 18.2 Å². The molecule has 0 aliphatic heterocycles. The molecular formula is C23H22Cl3NO2. The van der Waals surface area contributed by atoms with Crippen LogP contribution in [0.4, 0.5) is 5.69 Å². The number of ether oxygens (including phenoxy) is 1. The van der Waals surface area contributed by atoms with Gasteiger partial charge in [-0.2, -0.15) is 0 Å². The first kappa shape index (κ1) is 21.8. The van der Waals surface area contributed by atoms with Gasteiger partial charge in [0.2, 0.25) is 0 Å². The van der Waals surface area contributed by atoms with Crippen LogP contribution in [0.2, 0.25) is 15.1 Å². The largest absolute Gasteiger partial charge is 0.494 e. The monoisotopic (exact) mass is 449 g/mol. The number of nitrogens with one attached hydrogen (secondary N) is 1. The zero-order valence-electron chi connectivity index (χ0n) is 15.9. The van der Waals surface area contributed by atoms with E-state index in [1.165, 1.54) is 0 Å². The summed E-state index contributed by atoms with van der Waals surface area (Å²) in [5, 5.41) is 15.9. The molecule has 3 aromatic rings. The van der Waals surface area contributed by atoms with E-state index in [0.717, 1.165) is 22.6 Å². The van der Waals surface area contributed by atoms with Crippen LogP contribution in [0.5, 0.6) is 5.75 Å². The van der Waals surface area contributed by atoms with Crippen molar-refractivity contribution in [3.63, 3.8) is 0 Å². The van der Waals surface area contributed by atoms with Crippen LogP contribution in [0.25, 0.3) is 0 Å². The Balaban J connectivity index is 1.84. The third-order valence-corrected chi connectivity index (χ3v) is 5.56. The summed E-state index contributed by atoms with van der Waals surface area (Å²) in [4.78, 5) is 0. The molecule has 0 saturated heterocycles. The van der Waals surface area contributed by atoms with Gasteiger partial charge in [0.25, 0.3) is 0 Å². The first-order chi connectivity index (χ1) is 14.0. The van der Waals surface area contributed by atoms with E-state index in [0.29, 0.717) is 28.1 Å². The van der Waals surface area contributed by atoms with E-state index in [9.17, 15) is 5.11 Å². The summed E-state index contributed by atoms with van der Waals surface area (Å²) in [6.07, 6.45) is -0.241. The van der Waals surface area contributed by atoms with Gasteiger partial charge in [0.1, 0.15) is 5.75 Å². The first-order valence-electron chi connectivity index (χ1n) is 9.34. The number of aliphatic hydroxyl groups is 1. The smallest absolute Gasteiger partial charge is 0.119 e. The van der Waals surface area contributed by atoms with E-state index in [-0.39, 0.29) is 6.04 Å². The second kappa shape index (κ2) is 10.2. The van der Waals surface area contributed by atoms with Crippen molar-refractivity contribution in [2.75, 3.05) is 11.9 Å². The molecule has 0 aromatic heterocycles. The molecule has 0 bridgehead atoms. The second-order valence-electron chi connectivity index (χ2n) is 6.63. The predicted molar refractivity (Wildman–Crippen MR) is 121 cm³/mol. The fourth-order valence-electron chi connectivity index (χ4n) is 3.07. The molecule has 2 atom stereocenters. The lowest BCUT2D eigenvalue weighted by Gasteiger charge is -2.24.